The quantitative estimate of drug-likeness (QED) is 0.843. The van der Waals surface area contributed by atoms with Gasteiger partial charge in [0.25, 0.3) is 0 Å². The first-order valence-electron chi connectivity index (χ1n) is 7.61. The summed E-state index contributed by atoms with van der Waals surface area (Å²) in [6, 6.07) is 4.23. The molecule has 1 fully saturated rings. The minimum Gasteiger partial charge on any atom is -0.370 e. The zero-order chi connectivity index (χ0) is 14.7. The van der Waals surface area contributed by atoms with Gasteiger partial charge in [-0.2, -0.15) is 11.3 Å². The number of hydrogen-bond donors (Lipinski definition) is 1. The second-order valence-corrected chi connectivity index (χ2v) is 6.44. The summed E-state index contributed by atoms with van der Waals surface area (Å²) in [6.07, 6.45) is 3.55. The highest BCUT2D eigenvalue weighted by Crippen LogP contribution is 2.39. The van der Waals surface area contributed by atoms with Crippen molar-refractivity contribution in [2.45, 2.75) is 38.6 Å². The van der Waals surface area contributed by atoms with Gasteiger partial charge in [-0.15, -0.1) is 0 Å². The fourth-order valence-electron chi connectivity index (χ4n) is 2.25. The molecule has 0 amide bonds. The predicted molar refractivity (Wildman–Crippen MR) is 89.2 cm³/mol. The molecular formula is C16H22N4S. The molecule has 0 unspecified atom stereocenters. The van der Waals surface area contributed by atoms with Gasteiger partial charge in [-0.3, -0.25) is 0 Å². The molecule has 1 N–H and O–H groups in total. The van der Waals surface area contributed by atoms with E-state index in [0.29, 0.717) is 5.92 Å². The van der Waals surface area contributed by atoms with Crippen LogP contribution in [0.15, 0.2) is 22.9 Å². The summed E-state index contributed by atoms with van der Waals surface area (Å²) in [4.78, 5) is 11.6. The van der Waals surface area contributed by atoms with Crippen LogP contribution in [0.4, 0.5) is 11.6 Å². The lowest BCUT2D eigenvalue weighted by Gasteiger charge is -2.19. The molecule has 21 heavy (non-hydrogen) atoms. The molecule has 0 saturated heterocycles. The van der Waals surface area contributed by atoms with Crippen molar-refractivity contribution in [3.63, 3.8) is 0 Å². The number of anilines is 2. The monoisotopic (exact) mass is 302 g/mol. The van der Waals surface area contributed by atoms with E-state index in [4.69, 9.17) is 4.98 Å². The predicted octanol–water partition coefficient (Wildman–Crippen LogP) is 3.87. The SMILES string of the molecule is CCCNc1cc(N(C)Cc2ccsc2)nc(C2CC2)n1. The Kier molecular flexibility index (Phi) is 4.39. The van der Waals surface area contributed by atoms with Crippen LogP contribution in [0.5, 0.6) is 0 Å². The fourth-order valence-corrected chi connectivity index (χ4v) is 2.91. The second kappa shape index (κ2) is 6.43. The van der Waals surface area contributed by atoms with Crippen molar-refractivity contribution in [1.82, 2.24) is 9.97 Å². The third kappa shape index (κ3) is 3.73. The van der Waals surface area contributed by atoms with Crippen LogP contribution in [-0.4, -0.2) is 23.6 Å². The van der Waals surface area contributed by atoms with Crippen LogP contribution >= 0.6 is 11.3 Å². The summed E-state index contributed by atoms with van der Waals surface area (Å²) in [5, 5.41) is 7.70. The van der Waals surface area contributed by atoms with Gasteiger partial charge in [0.15, 0.2) is 0 Å². The molecule has 0 atom stereocenters. The molecule has 1 aliphatic carbocycles. The molecule has 1 saturated carbocycles. The lowest BCUT2D eigenvalue weighted by molar-refractivity contribution is 0.852. The molecule has 1 aliphatic rings. The molecule has 2 aromatic rings. The van der Waals surface area contributed by atoms with Gasteiger partial charge in [-0.1, -0.05) is 6.92 Å². The van der Waals surface area contributed by atoms with E-state index in [9.17, 15) is 0 Å². The van der Waals surface area contributed by atoms with Crippen molar-refractivity contribution in [3.8, 4) is 0 Å². The lowest BCUT2D eigenvalue weighted by atomic mass is 10.3. The van der Waals surface area contributed by atoms with Crippen LogP contribution < -0.4 is 10.2 Å². The van der Waals surface area contributed by atoms with Gasteiger partial charge < -0.3 is 10.2 Å². The lowest BCUT2D eigenvalue weighted by Crippen LogP contribution is -2.19. The average Bonchev–Trinajstić information content (AvgIpc) is 3.23. The molecule has 0 aromatic carbocycles. The van der Waals surface area contributed by atoms with Crippen molar-refractivity contribution in [2.24, 2.45) is 0 Å². The maximum atomic E-state index is 4.76. The third-order valence-corrected chi connectivity index (χ3v) is 4.35. The second-order valence-electron chi connectivity index (χ2n) is 5.66. The standard InChI is InChI=1S/C16H22N4S/c1-3-7-17-14-9-15(19-16(18-14)13-4-5-13)20(2)10-12-6-8-21-11-12/h6,8-9,11,13H,3-5,7,10H2,1-2H3,(H,17,18,19). The fraction of sp³-hybridized carbons (Fsp3) is 0.500. The number of hydrogen-bond acceptors (Lipinski definition) is 5. The van der Waals surface area contributed by atoms with Crippen LogP contribution in [-0.2, 0) is 6.54 Å². The largest absolute Gasteiger partial charge is 0.370 e. The van der Waals surface area contributed by atoms with E-state index < -0.39 is 0 Å². The first-order valence-corrected chi connectivity index (χ1v) is 8.55. The minimum atomic E-state index is 0.571. The summed E-state index contributed by atoms with van der Waals surface area (Å²) in [5.74, 6) is 3.54. The first kappa shape index (κ1) is 14.3. The molecule has 112 valence electrons. The molecular weight excluding hydrogens is 280 g/mol. The maximum absolute atomic E-state index is 4.76. The highest BCUT2D eigenvalue weighted by molar-refractivity contribution is 7.07. The zero-order valence-electron chi connectivity index (χ0n) is 12.7. The molecule has 0 aliphatic heterocycles. The normalized spacial score (nSPS) is 14.2. The van der Waals surface area contributed by atoms with Crippen LogP contribution in [0.1, 0.15) is 43.5 Å². The summed E-state index contributed by atoms with van der Waals surface area (Å²) >= 11 is 1.74. The van der Waals surface area contributed by atoms with Crippen LogP contribution in [0.25, 0.3) is 0 Å². The summed E-state index contributed by atoms with van der Waals surface area (Å²) in [6.45, 7) is 4.01. The van der Waals surface area contributed by atoms with Crippen LogP contribution in [0, 0.1) is 0 Å². The molecule has 0 bridgehead atoms. The van der Waals surface area contributed by atoms with E-state index in [0.717, 1.165) is 37.0 Å². The molecule has 0 spiro atoms. The van der Waals surface area contributed by atoms with E-state index in [1.165, 1.54) is 18.4 Å². The Bertz CT molecular complexity index is 578. The van der Waals surface area contributed by atoms with Crippen molar-refractivity contribution < 1.29 is 0 Å². The number of aromatic nitrogens is 2. The summed E-state index contributed by atoms with van der Waals surface area (Å²) in [5.41, 5.74) is 1.33. The first-order chi connectivity index (χ1) is 10.3. The smallest absolute Gasteiger partial charge is 0.136 e. The Morgan fingerprint density at radius 1 is 1.38 bits per heavy atom. The molecule has 3 rings (SSSR count). The van der Waals surface area contributed by atoms with E-state index in [-0.39, 0.29) is 0 Å². The van der Waals surface area contributed by atoms with Crippen molar-refractivity contribution in [3.05, 3.63) is 34.3 Å². The number of nitrogens with one attached hydrogen (secondary N) is 1. The Balaban J connectivity index is 1.80. The summed E-state index contributed by atoms with van der Waals surface area (Å²) in [7, 11) is 2.10. The topological polar surface area (TPSA) is 41.0 Å². The average molecular weight is 302 g/mol. The molecule has 4 nitrogen and oxygen atoms in total. The van der Waals surface area contributed by atoms with Gasteiger partial charge in [0, 0.05) is 32.1 Å². The van der Waals surface area contributed by atoms with Crippen LogP contribution in [0.3, 0.4) is 0 Å². The van der Waals surface area contributed by atoms with Gasteiger partial charge in [-0.05, 0) is 41.7 Å². The third-order valence-electron chi connectivity index (χ3n) is 3.62. The number of nitrogens with zero attached hydrogens (tertiary/aromatic N) is 3. The molecule has 5 heteroatoms. The Hall–Kier alpha value is -1.62. The van der Waals surface area contributed by atoms with E-state index in [1.54, 1.807) is 11.3 Å². The molecule has 0 radical (unpaired) electrons. The molecule has 2 aromatic heterocycles. The van der Waals surface area contributed by atoms with Crippen LogP contribution in [0.2, 0.25) is 0 Å². The Labute approximate surface area is 130 Å². The van der Waals surface area contributed by atoms with E-state index >= 15 is 0 Å². The van der Waals surface area contributed by atoms with Gasteiger partial charge in [-0.25, -0.2) is 9.97 Å². The highest BCUT2D eigenvalue weighted by atomic mass is 32.1. The summed E-state index contributed by atoms with van der Waals surface area (Å²) < 4.78 is 0. The van der Waals surface area contributed by atoms with E-state index in [2.05, 4.69) is 52.1 Å². The number of thiophene rings is 1. The highest BCUT2D eigenvalue weighted by Gasteiger charge is 2.27. The van der Waals surface area contributed by atoms with Gasteiger partial charge in [0.1, 0.15) is 17.5 Å². The Morgan fingerprint density at radius 2 is 2.24 bits per heavy atom. The van der Waals surface area contributed by atoms with Gasteiger partial charge >= 0.3 is 0 Å². The van der Waals surface area contributed by atoms with Crippen molar-refractivity contribution in [2.75, 3.05) is 23.8 Å². The number of rotatable bonds is 7. The minimum absolute atomic E-state index is 0.571. The Morgan fingerprint density at radius 3 is 2.90 bits per heavy atom. The van der Waals surface area contributed by atoms with Crippen molar-refractivity contribution >= 4 is 23.0 Å². The zero-order valence-corrected chi connectivity index (χ0v) is 13.5. The molecule has 2 heterocycles. The van der Waals surface area contributed by atoms with Gasteiger partial charge in [0.2, 0.25) is 0 Å². The maximum Gasteiger partial charge on any atom is 0.136 e. The van der Waals surface area contributed by atoms with Crippen molar-refractivity contribution in [1.29, 1.82) is 0 Å². The van der Waals surface area contributed by atoms with E-state index in [1.807, 2.05) is 0 Å². The van der Waals surface area contributed by atoms with Gasteiger partial charge in [0.05, 0.1) is 0 Å².